The number of benzene rings is 2. The third-order valence-corrected chi connectivity index (χ3v) is 8.20. The predicted octanol–water partition coefficient (Wildman–Crippen LogP) is 5.47. The number of nitrogens with one attached hydrogen (secondary N) is 1. The van der Waals surface area contributed by atoms with E-state index in [1.54, 1.807) is 22.8 Å². The molecule has 2 fully saturated rings. The van der Waals surface area contributed by atoms with Gasteiger partial charge in [0.25, 0.3) is 0 Å². The molecular formula is C30H32F7N3O3. The number of carbonyl (C=O) groups is 3. The number of carbonyl (C=O) groups excluding carboxylic acids is 3. The number of rotatable bonds is 5. The van der Waals surface area contributed by atoms with Crippen LogP contribution in [0.4, 0.5) is 30.7 Å². The third-order valence-electron chi connectivity index (χ3n) is 8.20. The molecule has 234 valence electrons. The fraction of sp³-hybridized carbons (Fsp3) is 0.500. The van der Waals surface area contributed by atoms with E-state index < -0.39 is 59.1 Å². The van der Waals surface area contributed by atoms with Crippen LogP contribution in [-0.4, -0.2) is 59.7 Å². The number of piperidine rings is 2. The van der Waals surface area contributed by atoms with E-state index in [0.717, 1.165) is 0 Å². The predicted molar refractivity (Wildman–Crippen MR) is 142 cm³/mol. The van der Waals surface area contributed by atoms with Crippen molar-refractivity contribution in [2.75, 3.05) is 26.2 Å². The number of hydrogen-bond acceptors (Lipinski definition) is 3. The molecule has 3 amide bonds. The summed E-state index contributed by atoms with van der Waals surface area (Å²) in [5.74, 6) is -2.21. The van der Waals surface area contributed by atoms with Crippen LogP contribution in [0.3, 0.4) is 0 Å². The van der Waals surface area contributed by atoms with Gasteiger partial charge in [0.05, 0.1) is 17.5 Å². The summed E-state index contributed by atoms with van der Waals surface area (Å²) < 4.78 is 93.7. The van der Waals surface area contributed by atoms with E-state index in [2.05, 4.69) is 5.32 Å². The molecule has 2 aliphatic rings. The topological polar surface area (TPSA) is 69.7 Å². The molecule has 43 heavy (non-hydrogen) atoms. The normalized spacial score (nSPS) is 20.2. The van der Waals surface area contributed by atoms with Gasteiger partial charge in [-0.15, -0.1) is 0 Å². The molecule has 6 nitrogen and oxygen atoms in total. The molecular weight excluding hydrogens is 583 g/mol. The van der Waals surface area contributed by atoms with Crippen molar-refractivity contribution in [1.82, 2.24) is 15.1 Å². The molecule has 1 N–H and O–H groups in total. The van der Waals surface area contributed by atoms with E-state index >= 15 is 0 Å². The number of aryl methyl sites for hydroxylation is 1. The molecule has 2 atom stereocenters. The zero-order valence-electron chi connectivity index (χ0n) is 23.6. The highest BCUT2D eigenvalue weighted by atomic mass is 19.4. The second-order valence-electron chi connectivity index (χ2n) is 11.2. The fourth-order valence-electron chi connectivity index (χ4n) is 5.96. The first kappa shape index (κ1) is 32.3. The van der Waals surface area contributed by atoms with Gasteiger partial charge in [0.15, 0.2) is 0 Å². The maximum Gasteiger partial charge on any atom is 0.416 e. The van der Waals surface area contributed by atoms with Gasteiger partial charge >= 0.3 is 12.4 Å². The Labute approximate surface area is 244 Å². The maximum absolute atomic E-state index is 13.9. The van der Waals surface area contributed by atoms with Gasteiger partial charge in [-0.2, -0.15) is 26.3 Å². The molecule has 2 aliphatic heterocycles. The van der Waals surface area contributed by atoms with Crippen LogP contribution in [0, 0.1) is 18.7 Å². The summed E-state index contributed by atoms with van der Waals surface area (Å²) in [5.41, 5.74) is -2.23. The van der Waals surface area contributed by atoms with Gasteiger partial charge in [0, 0.05) is 51.0 Å². The quantitative estimate of drug-likeness (QED) is 0.454. The third kappa shape index (κ3) is 7.85. The van der Waals surface area contributed by atoms with Crippen LogP contribution >= 0.6 is 0 Å². The van der Waals surface area contributed by atoms with Crippen LogP contribution in [0.2, 0.25) is 0 Å². The van der Waals surface area contributed by atoms with Crippen LogP contribution in [-0.2, 0) is 33.2 Å². The minimum absolute atomic E-state index is 0.00539. The highest BCUT2D eigenvalue weighted by molar-refractivity contribution is 5.81. The Kier molecular flexibility index (Phi) is 9.41. The summed E-state index contributed by atoms with van der Waals surface area (Å²) in [6, 6.07) is 4.55. The molecule has 0 saturated carbocycles. The Bertz CT molecular complexity index is 1340. The number of hydrogen-bond donors (Lipinski definition) is 1. The van der Waals surface area contributed by atoms with E-state index in [4.69, 9.17) is 0 Å². The van der Waals surface area contributed by atoms with Crippen LogP contribution in [0.25, 0.3) is 0 Å². The number of amides is 3. The second kappa shape index (κ2) is 12.5. The zero-order valence-corrected chi connectivity index (χ0v) is 23.6. The Morgan fingerprint density at radius 1 is 0.860 bits per heavy atom. The van der Waals surface area contributed by atoms with E-state index in [1.165, 1.54) is 19.1 Å². The molecule has 13 heteroatoms. The molecule has 0 unspecified atom stereocenters. The van der Waals surface area contributed by atoms with Crippen LogP contribution in [0.5, 0.6) is 0 Å². The minimum atomic E-state index is -5.04. The van der Waals surface area contributed by atoms with E-state index in [9.17, 15) is 45.1 Å². The molecule has 0 aliphatic carbocycles. The highest BCUT2D eigenvalue weighted by Crippen LogP contribution is 2.37. The van der Waals surface area contributed by atoms with Crippen molar-refractivity contribution in [3.63, 3.8) is 0 Å². The van der Waals surface area contributed by atoms with Crippen molar-refractivity contribution in [3.05, 3.63) is 70.0 Å². The lowest BCUT2D eigenvalue weighted by atomic mass is 9.82. The summed E-state index contributed by atoms with van der Waals surface area (Å²) in [7, 11) is 0. The van der Waals surface area contributed by atoms with Gasteiger partial charge < -0.3 is 15.1 Å². The van der Waals surface area contributed by atoms with E-state index in [1.807, 2.05) is 0 Å². The molecule has 0 radical (unpaired) electrons. The SMILES string of the molecule is CC(=O)N1CCC(C(=O)N2CC[C@@H](NC(=O)Cc3cc(C(F)(F)F)cc(C(F)(F)F)c3)[C@H](c3ccc(F)cc3C)C2)CC1. The fourth-order valence-corrected chi connectivity index (χ4v) is 5.96. The maximum atomic E-state index is 13.9. The lowest BCUT2D eigenvalue weighted by molar-refractivity contribution is -0.143. The van der Waals surface area contributed by atoms with E-state index in [-0.39, 0.29) is 43.3 Å². The molecule has 2 aromatic rings. The van der Waals surface area contributed by atoms with Gasteiger partial charge in [-0.1, -0.05) is 6.07 Å². The Hall–Kier alpha value is -3.64. The lowest BCUT2D eigenvalue weighted by Gasteiger charge is -2.42. The summed E-state index contributed by atoms with van der Waals surface area (Å²) in [6.45, 7) is 4.50. The van der Waals surface area contributed by atoms with Gasteiger partial charge in [0.2, 0.25) is 17.7 Å². The Balaban J connectivity index is 1.53. The van der Waals surface area contributed by atoms with Crippen molar-refractivity contribution in [3.8, 4) is 0 Å². The lowest BCUT2D eigenvalue weighted by Crippen LogP contribution is -2.53. The van der Waals surface area contributed by atoms with Crippen LogP contribution in [0.15, 0.2) is 36.4 Å². The number of nitrogens with zero attached hydrogens (tertiary/aromatic N) is 2. The van der Waals surface area contributed by atoms with Gasteiger partial charge in [-0.05, 0) is 73.2 Å². The Morgan fingerprint density at radius 2 is 1.44 bits per heavy atom. The molecule has 0 spiro atoms. The minimum Gasteiger partial charge on any atom is -0.352 e. The second-order valence-corrected chi connectivity index (χ2v) is 11.2. The van der Waals surface area contributed by atoms with Crippen molar-refractivity contribution >= 4 is 17.7 Å². The zero-order chi connectivity index (χ0) is 31.7. The van der Waals surface area contributed by atoms with Gasteiger partial charge in [0.1, 0.15) is 5.82 Å². The summed E-state index contributed by atoms with van der Waals surface area (Å²) in [5, 5.41) is 2.75. The Morgan fingerprint density at radius 3 is 1.98 bits per heavy atom. The molecule has 4 rings (SSSR count). The first-order valence-electron chi connectivity index (χ1n) is 13.9. The molecule has 2 saturated heterocycles. The molecule has 0 bridgehead atoms. The van der Waals surface area contributed by atoms with E-state index in [0.29, 0.717) is 49.2 Å². The monoisotopic (exact) mass is 615 g/mol. The summed E-state index contributed by atoms with van der Waals surface area (Å²) in [6.07, 6.45) is -9.53. The number of alkyl halides is 6. The largest absolute Gasteiger partial charge is 0.416 e. The number of halogens is 7. The van der Waals surface area contributed by atoms with Crippen molar-refractivity contribution < 1.29 is 45.1 Å². The van der Waals surface area contributed by atoms with Crippen LogP contribution < -0.4 is 5.32 Å². The average Bonchev–Trinajstić information content (AvgIpc) is 2.92. The highest BCUT2D eigenvalue weighted by Gasteiger charge is 2.39. The van der Waals surface area contributed by atoms with Crippen molar-refractivity contribution in [2.45, 2.75) is 63.8 Å². The average molecular weight is 616 g/mol. The number of likely N-dealkylation sites (tertiary alicyclic amines) is 2. The molecule has 2 aromatic carbocycles. The van der Waals surface area contributed by atoms with Gasteiger partial charge in [-0.25, -0.2) is 4.39 Å². The summed E-state index contributed by atoms with van der Waals surface area (Å²) in [4.78, 5) is 41.5. The molecule has 2 heterocycles. The van der Waals surface area contributed by atoms with Crippen molar-refractivity contribution in [1.29, 1.82) is 0 Å². The standard InChI is InChI=1S/C30H32F7N3O3/c1-17-11-23(31)3-4-24(17)25-16-40(28(43)20-5-8-39(9-6-20)18(2)41)10-7-26(25)38-27(42)14-19-12-21(29(32,33)34)15-22(13-19)30(35,36)37/h3-4,11-13,15,20,25-26H,5-10,14,16H2,1-2H3,(H,38,42)/t25-,26+/m0/s1. The first-order valence-corrected chi connectivity index (χ1v) is 13.9. The van der Waals surface area contributed by atoms with Crippen molar-refractivity contribution in [2.24, 2.45) is 5.92 Å². The van der Waals surface area contributed by atoms with Gasteiger partial charge in [-0.3, -0.25) is 14.4 Å². The first-order chi connectivity index (χ1) is 20.0. The smallest absolute Gasteiger partial charge is 0.352 e. The summed E-state index contributed by atoms with van der Waals surface area (Å²) >= 11 is 0. The van der Waals surface area contributed by atoms with Crippen LogP contribution in [0.1, 0.15) is 59.9 Å². The molecule has 0 aromatic heterocycles.